The Labute approximate surface area is 247 Å². The van der Waals surface area contributed by atoms with Gasteiger partial charge in [-0.05, 0) is 40.4 Å². The number of furan rings is 1. The van der Waals surface area contributed by atoms with Crippen molar-refractivity contribution in [1.29, 1.82) is 0 Å². The van der Waals surface area contributed by atoms with E-state index in [1.54, 1.807) is 12.1 Å². The van der Waals surface area contributed by atoms with Gasteiger partial charge in [-0.1, -0.05) is 81.4 Å². The molecule has 2 amide bonds. The molecule has 6 atom stereocenters. The number of aliphatic hydroxyl groups excluding tert-OH is 1. The number of hydrogen-bond acceptors (Lipinski definition) is 7. The molecule has 2 aromatic carbocycles. The van der Waals surface area contributed by atoms with Gasteiger partial charge in [-0.15, -0.1) is 0 Å². The molecule has 2 aliphatic heterocycles. The van der Waals surface area contributed by atoms with E-state index in [4.69, 9.17) is 13.6 Å². The molecule has 6 rings (SSSR count). The normalized spacial score (nSPS) is 29.6. The third-order valence-corrected chi connectivity index (χ3v) is 14.7. The molecule has 3 heterocycles. The molecule has 2 N–H and O–H groups in total. The van der Waals surface area contributed by atoms with Gasteiger partial charge in [0.1, 0.15) is 24.2 Å². The first kappa shape index (κ1) is 29.0. The molecule has 2 saturated heterocycles. The zero-order valence-corrected chi connectivity index (χ0v) is 25.5. The molecule has 3 aliphatic rings. The number of carbonyl (C=O) groups is 2. The Morgan fingerprint density at radius 3 is 2.12 bits per heavy atom. The summed E-state index contributed by atoms with van der Waals surface area (Å²) in [6.07, 6.45) is -0.0286. The van der Waals surface area contributed by atoms with Crippen molar-refractivity contribution in [2.75, 3.05) is 13.7 Å². The number of aliphatic hydroxyl groups is 2. The number of imide groups is 1. The Morgan fingerprint density at radius 1 is 0.952 bits per heavy atom. The maximum Gasteiger partial charge on any atom is 0.261 e. The van der Waals surface area contributed by atoms with Crippen LogP contribution in [0.15, 0.2) is 77.2 Å². The van der Waals surface area contributed by atoms with Crippen molar-refractivity contribution >= 4 is 30.5 Å². The average Bonchev–Trinajstić information content (AvgIpc) is 3.66. The molecular formula is C33H39NO7Si. The molecule has 3 aromatic rings. The molecule has 8 nitrogen and oxygen atoms in total. The highest BCUT2D eigenvalue weighted by Crippen LogP contribution is 2.58. The van der Waals surface area contributed by atoms with Crippen LogP contribution >= 0.6 is 0 Å². The molecule has 0 radical (unpaired) electrons. The van der Waals surface area contributed by atoms with E-state index in [1.807, 2.05) is 36.4 Å². The molecular weight excluding hydrogens is 550 g/mol. The third-order valence-electron chi connectivity index (χ3n) is 9.66. The fourth-order valence-electron chi connectivity index (χ4n) is 7.65. The molecule has 0 bridgehead atoms. The van der Waals surface area contributed by atoms with Crippen LogP contribution in [0.5, 0.6) is 0 Å². The van der Waals surface area contributed by atoms with E-state index in [2.05, 4.69) is 45.0 Å². The lowest BCUT2D eigenvalue weighted by molar-refractivity contribution is -0.274. The van der Waals surface area contributed by atoms with Crippen LogP contribution in [0, 0.1) is 23.7 Å². The molecule has 1 saturated carbocycles. The third kappa shape index (κ3) is 4.41. The van der Waals surface area contributed by atoms with Gasteiger partial charge in [0.15, 0.2) is 5.79 Å². The topological polar surface area (TPSA) is 109 Å². The van der Waals surface area contributed by atoms with Crippen LogP contribution < -0.4 is 10.4 Å². The van der Waals surface area contributed by atoms with Crippen molar-refractivity contribution in [1.82, 2.24) is 4.90 Å². The summed E-state index contributed by atoms with van der Waals surface area (Å²) in [6.45, 7) is 6.48. The van der Waals surface area contributed by atoms with Crippen molar-refractivity contribution in [3.8, 4) is 0 Å². The van der Waals surface area contributed by atoms with E-state index < -0.39 is 43.9 Å². The van der Waals surface area contributed by atoms with Crippen LogP contribution in [0.4, 0.5) is 0 Å². The van der Waals surface area contributed by atoms with Crippen molar-refractivity contribution in [3.05, 3.63) is 84.3 Å². The number of nitrogens with zero attached hydrogens (tertiary/aromatic N) is 1. The Balaban J connectivity index is 1.40. The van der Waals surface area contributed by atoms with Gasteiger partial charge in [0.05, 0.1) is 11.8 Å². The highest BCUT2D eigenvalue weighted by atomic mass is 28.4. The van der Waals surface area contributed by atoms with Gasteiger partial charge < -0.3 is 23.8 Å². The van der Waals surface area contributed by atoms with E-state index in [1.165, 1.54) is 11.9 Å². The van der Waals surface area contributed by atoms with Crippen molar-refractivity contribution in [2.24, 2.45) is 23.7 Å². The highest BCUT2D eigenvalue weighted by molar-refractivity contribution is 6.99. The first-order chi connectivity index (χ1) is 20.0. The quantitative estimate of drug-likeness (QED) is 0.321. The van der Waals surface area contributed by atoms with Crippen LogP contribution in [-0.4, -0.2) is 54.7 Å². The molecule has 42 heavy (non-hydrogen) atoms. The smallest absolute Gasteiger partial charge is 0.261 e. The SMILES string of the molecule is CN1C(=O)[C@H]2[C@H](C[C@H](CO[Si](c3ccccc3)(c3ccccc3)C(C)(C)C)[C@@]3(O)O[C@H](c4ccc(CO)o4)C[C@@H]23)C1=O. The van der Waals surface area contributed by atoms with E-state index >= 15 is 0 Å². The molecule has 3 fully saturated rings. The fourth-order valence-corrected chi connectivity index (χ4v) is 12.3. The lowest BCUT2D eigenvalue weighted by Gasteiger charge is -2.48. The lowest BCUT2D eigenvalue weighted by Crippen LogP contribution is -2.67. The van der Waals surface area contributed by atoms with E-state index in [-0.39, 0.29) is 36.5 Å². The molecule has 0 spiro atoms. The van der Waals surface area contributed by atoms with Crippen LogP contribution in [-0.2, 0) is 25.4 Å². The molecule has 1 aliphatic carbocycles. The van der Waals surface area contributed by atoms with Crippen LogP contribution in [0.25, 0.3) is 0 Å². The number of fused-ring (bicyclic) bond motifs is 3. The second-order valence-electron chi connectivity index (χ2n) is 12.9. The number of rotatable bonds is 7. The summed E-state index contributed by atoms with van der Waals surface area (Å²) < 4.78 is 19.4. The first-order valence-electron chi connectivity index (χ1n) is 14.7. The Kier molecular flexibility index (Phi) is 7.30. The molecule has 1 aromatic heterocycles. The number of carbonyl (C=O) groups excluding carboxylic acids is 2. The predicted octanol–water partition coefficient (Wildman–Crippen LogP) is 3.37. The number of benzene rings is 2. The highest BCUT2D eigenvalue weighted by Gasteiger charge is 2.67. The largest absolute Gasteiger partial charge is 0.461 e. The summed E-state index contributed by atoms with van der Waals surface area (Å²) in [5, 5.41) is 23.9. The monoisotopic (exact) mass is 589 g/mol. The lowest BCUT2D eigenvalue weighted by atomic mass is 9.64. The Morgan fingerprint density at radius 2 is 1.57 bits per heavy atom. The zero-order chi connectivity index (χ0) is 29.9. The van der Waals surface area contributed by atoms with Gasteiger partial charge >= 0.3 is 0 Å². The summed E-state index contributed by atoms with van der Waals surface area (Å²) in [4.78, 5) is 27.8. The molecule has 222 valence electrons. The van der Waals surface area contributed by atoms with Gasteiger partial charge in [0.25, 0.3) is 8.32 Å². The minimum absolute atomic E-state index is 0.154. The Bertz CT molecular complexity index is 1410. The van der Waals surface area contributed by atoms with E-state index in [0.717, 1.165) is 10.4 Å². The summed E-state index contributed by atoms with van der Waals surface area (Å²) in [6, 6.07) is 24.0. The average molecular weight is 590 g/mol. The predicted molar refractivity (Wildman–Crippen MR) is 158 cm³/mol. The minimum atomic E-state index is -2.95. The molecule has 9 heteroatoms. The van der Waals surface area contributed by atoms with E-state index in [9.17, 15) is 19.8 Å². The summed E-state index contributed by atoms with van der Waals surface area (Å²) in [5.41, 5.74) is 0. The maximum atomic E-state index is 13.3. The van der Waals surface area contributed by atoms with Crippen LogP contribution in [0.2, 0.25) is 5.04 Å². The summed E-state index contributed by atoms with van der Waals surface area (Å²) in [7, 11) is -1.43. The molecule has 0 unspecified atom stereocenters. The van der Waals surface area contributed by atoms with Gasteiger partial charge in [-0.3, -0.25) is 14.5 Å². The number of hydrogen-bond donors (Lipinski definition) is 2. The van der Waals surface area contributed by atoms with Gasteiger partial charge in [-0.25, -0.2) is 0 Å². The second-order valence-corrected chi connectivity index (χ2v) is 17.2. The van der Waals surface area contributed by atoms with Crippen molar-refractivity contribution < 1.29 is 33.4 Å². The van der Waals surface area contributed by atoms with Crippen molar-refractivity contribution in [2.45, 2.75) is 57.1 Å². The van der Waals surface area contributed by atoms with Gasteiger partial charge in [0.2, 0.25) is 11.8 Å². The van der Waals surface area contributed by atoms with E-state index in [0.29, 0.717) is 17.9 Å². The minimum Gasteiger partial charge on any atom is -0.461 e. The zero-order valence-electron chi connectivity index (χ0n) is 24.5. The second kappa shape index (κ2) is 10.6. The van der Waals surface area contributed by atoms with Crippen molar-refractivity contribution in [3.63, 3.8) is 0 Å². The van der Waals surface area contributed by atoms with Crippen LogP contribution in [0.3, 0.4) is 0 Å². The van der Waals surface area contributed by atoms with Crippen LogP contribution in [0.1, 0.15) is 51.2 Å². The maximum absolute atomic E-state index is 13.3. The number of likely N-dealkylation sites (tertiary alicyclic amines) is 1. The summed E-state index contributed by atoms with van der Waals surface area (Å²) >= 11 is 0. The Hall–Kier alpha value is -3.08. The number of amides is 2. The first-order valence-corrected chi connectivity index (χ1v) is 16.6. The fraction of sp³-hybridized carbons (Fsp3) is 0.455. The van der Waals surface area contributed by atoms with Gasteiger partial charge in [0, 0.05) is 25.5 Å². The number of ether oxygens (including phenoxy) is 1. The van der Waals surface area contributed by atoms with Gasteiger partial charge in [-0.2, -0.15) is 0 Å². The summed E-state index contributed by atoms with van der Waals surface area (Å²) in [5.74, 6) is -3.72. The standard InChI is InChI=1S/C33H39NO7Si/c1-32(2,3)42(23-11-7-5-8-12-23,24-13-9-6-10-14-24)39-20-21-17-25-29(31(37)34(4)30(25)36)26-18-28(41-33(21,26)38)27-16-15-22(19-35)40-27/h5-16,21,25-26,28-29,35,38H,17-20H2,1-4H3/t21-,25+,26+,28+,29+,33-/m1/s1.